The molecule has 3 heterocycles. The molecule has 3 fully saturated rings. The fraction of sp³-hybridized carbons (Fsp3) is 0.493. The van der Waals surface area contributed by atoms with Crippen LogP contribution in [-0.2, 0) is 34.1 Å². The van der Waals surface area contributed by atoms with Crippen molar-refractivity contribution in [2.45, 2.75) is 177 Å². The van der Waals surface area contributed by atoms with Gasteiger partial charge in [-0.15, -0.1) is 0 Å². The van der Waals surface area contributed by atoms with Crippen molar-refractivity contribution in [2.24, 2.45) is 22.2 Å². The van der Waals surface area contributed by atoms with Gasteiger partial charge in [0.1, 0.15) is 23.6 Å². The van der Waals surface area contributed by atoms with E-state index in [1.807, 2.05) is 57.4 Å². The quantitative estimate of drug-likeness (QED) is 0.0188. The number of nitrogens with zero attached hydrogens (tertiary/aromatic N) is 1. The average Bonchev–Trinajstić information content (AvgIpc) is 0.977. The zero-order chi connectivity index (χ0) is 63.0. The van der Waals surface area contributed by atoms with Crippen molar-refractivity contribution < 1.29 is 63.3 Å². The molecule has 0 amide bonds. The van der Waals surface area contributed by atoms with Crippen LogP contribution in [0.1, 0.15) is 170 Å². The van der Waals surface area contributed by atoms with Crippen LogP contribution < -0.4 is 13.7 Å². The first-order valence-electron chi connectivity index (χ1n) is 31.6. The second-order valence-corrected chi connectivity index (χ2v) is 37.0. The molecule has 2 bridgehead atoms. The third-order valence-electron chi connectivity index (χ3n) is 21.8. The summed E-state index contributed by atoms with van der Waals surface area (Å²) in [5, 5.41) is 50.1. The molecule has 4 N–H and O–H groups in total. The molecule has 0 radical (unpaired) electrons. The number of anilines is 1. The van der Waals surface area contributed by atoms with Crippen LogP contribution in [0.2, 0.25) is 11.5 Å². The Morgan fingerprint density at radius 1 is 0.761 bits per heavy atom. The maximum atomic E-state index is 15.1. The van der Waals surface area contributed by atoms with Gasteiger partial charge in [0.05, 0.1) is 48.6 Å². The van der Waals surface area contributed by atoms with Gasteiger partial charge < -0.3 is 34.6 Å². The monoisotopic (exact) mass is 1260 g/mol. The summed E-state index contributed by atoms with van der Waals surface area (Å²) in [4.78, 5) is 73.2. The molecule has 11 rings (SSSR count). The van der Waals surface area contributed by atoms with E-state index in [1.54, 1.807) is 70.2 Å². The molecular weight excluding hydrogens is 1170 g/mol. The number of carbonyl (C=O) groups excluding carboxylic acids is 5. The van der Waals surface area contributed by atoms with E-state index in [0.29, 0.717) is 42.4 Å². The molecule has 5 aromatic rings. The van der Waals surface area contributed by atoms with E-state index in [2.05, 4.69) is 59.7 Å². The average molecular weight is 1260 g/mol. The van der Waals surface area contributed by atoms with Gasteiger partial charge in [-0.1, -0.05) is 75.7 Å². The normalized spacial score (nSPS) is 29.4. The summed E-state index contributed by atoms with van der Waals surface area (Å²) in [5.74, 6) is 1.40. The van der Waals surface area contributed by atoms with Crippen LogP contribution in [0.4, 0.5) is 5.69 Å². The summed E-state index contributed by atoms with van der Waals surface area (Å²) in [7, 11) is 4.07. The summed E-state index contributed by atoms with van der Waals surface area (Å²) in [6.07, 6.45) is -1.64. The number of hydrogen-bond donors (Lipinski definition) is 4. The number of rotatable bonds is 20. The molecule has 1 spiro atoms. The Balaban J connectivity index is 0.725. The van der Waals surface area contributed by atoms with Gasteiger partial charge in [-0.2, -0.15) is 0 Å². The number of esters is 2. The van der Waals surface area contributed by atoms with Gasteiger partial charge in [0, 0.05) is 48.3 Å². The summed E-state index contributed by atoms with van der Waals surface area (Å²) < 4.78 is 28.3. The summed E-state index contributed by atoms with van der Waals surface area (Å²) >= 11 is -2.93. The minimum absolute atomic E-state index is 0.00892. The topological polar surface area (TPSA) is 206 Å². The van der Waals surface area contributed by atoms with Gasteiger partial charge >= 0.3 is 223 Å². The molecule has 1 saturated heterocycles. The Morgan fingerprint density at radius 3 is 2.06 bits per heavy atom. The van der Waals surface area contributed by atoms with Gasteiger partial charge in [0.2, 0.25) is 0 Å². The number of aliphatic hydroxyl groups is 4. The molecule has 5 aromatic carbocycles. The summed E-state index contributed by atoms with van der Waals surface area (Å²) in [5.41, 5.74) is 0.598. The van der Waals surface area contributed by atoms with Gasteiger partial charge in [-0.3, -0.25) is 9.59 Å². The van der Waals surface area contributed by atoms with Crippen LogP contribution in [0.15, 0.2) is 126 Å². The number of benzene rings is 5. The number of hydrogen-bond acceptors (Lipinski definition) is 14. The van der Waals surface area contributed by atoms with Crippen LogP contribution in [0, 0.1) is 29.1 Å². The van der Waals surface area contributed by atoms with Crippen molar-refractivity contribution in [1.29, 1.82) is 0 Å². The minimum Gasteiger partial charge on any atom is -0.392 e. The molecule has 1 unspecified atom stereocenters. The van der Waals surface area contributed by atoms with Crippen molar-refractivity contribution in [2.75, 3.05) is 32.2 Å². The van der Waals surface area contributed by atoms with Crippen LogP contribution in [0.3, 0.4) is 0 Å². The van der Waals surface area contributed by atoms with Crippen LogP contribution in [0.25, 0.3) is 0 Å². The molecule has 12 atom stereocenters. The number of ketones is 3. The van der Waals surface area contributed by atoms with Crippen molar-refractivity contribution >= 4 is 57.0 Å². The first kappa shape index (κ1) is 63.5. The predicted octanol–water partition coefficient (Wildman–Crippen LogP) is 9.89. The maximum Gasteiger partial charge on any atom is 0.0693 e. The van der Waals surface area contributed by atoms with Gasteiger partial charge in [-0.05, 0) is 49.1 Å². The molecule has 3 aliphatic carbocycles. The number of ether oxygens (including phenoxy) is 4. The number of fused-ring (bicyclic) bond motifs is 11. The van der Waals surface area contributed by atoms with E-state index >= 15 is 4.79 Å². The molecule has 0 aromatic heterocycles. The van der Waals surface area contributed by atoms with E-state index < -0.39 is 107 Å². The van der Waals surface area contributed by atoms with Gasteiger partial charge in [0.15, 0.2) is 5.78 Å². The fourth-order valence-electron chi connectivity index (χ4n) is 16.4. The van der Waals surface area contributed by atoms with E-state index in [9.17, 15) is 39.6 Å². The zero-order valence-electron chi connectivity index (χ0n) is 52.7. The van der Waals surface area contributed by atoms with E-state index in [0.717, 1.165) is 59.2 Å². The number of Topliss-reactive ketones (excluding diaryl/α,β-unsaturated/α-hetero) is 3. The number of aryl methyl sites for hydroxylation is 1. The third kappa shape index (κ3) is 10.5. The summed E-state index contributed by atoms with van der Waals surface area (Å²) in [6.45, 7) is 10.8. The van der Waals surface area contributed by atoms with E-state index in [4.69, 9.17) is 18.9 Å². The minimum atomic E-state index is -2.93. The first-order chi connectivity index (χ1) is 41.7. The number of aliphatic hydroxyl groups excluding tert-OH is 3. The van der Waals surface area contributed by atoms with Gasteiger partial charge in [-0.25, -0.2) is 4.79 Å². The molecule has 2 saturated carbocycles. The van der Waals surface area contributed by atoms with Crippen LogP contribution in [-0.4, -0.2) is 133 Å². The molecule has 88 heavy (non-hydrogen) atoms. The standard InChI is InChI=1S/C73H87GeNO13/c1-43-29-33-52-55(35-43)74(7,8)56-37-48(75(9)10)31-34-53(56)73(52)54-36-47(30-32-50(54)68(83)88-73)57(77)28-22-14-12-11-13-21-27-49(76)38-51(45-23-17-15-18-24-45)58(78)41-85-59-40-72(84)66(87-67(82)46-25-19-16-20-26-46)64-70(5)42-86-61(70)39-60(79)71(64,6)65(81)63(80)62(44(59)2)69(72,3)4/h15-20,23-26,29-37,51,58-61,63-64,66,78-80,84H,11-14,21-22,27-28,38-42H2,1-10H3/t51-,58-,59-,60-,61+,63+,64+,66-,70+,71+,72+,73?/m0/s1. The molecule has 14 nitrogen and oxygen atoms in total. The Labute approximate surface area is 520 Å². The number of carbonyl (C=O) groups is 5. The second kappa shape index (κ2) is 23.9. The number of unbranched alkanes of at least 4 members (excludes halogenated alkanes) is 5. The maximum absolute atomic E-state index is 15.1. The zero-order valence-corrected chi connectivity index (χ0v) is 54.8. The van der Waals surface area contributed by atoms with Gasteiger partial charge in [0.25, 0.3) is 0 Å². The molecule has 6 aliphatic rings. The Bertz CT molecular complexity index is 3580. The first-order valence-corrected chi connectivity index (χ1v) is 37.9. The Morgan fingerprint density at radius 2 is 1.40 bits per heavy atom. The SMILES string of the molecule is CC1=C2[C@@H](O)C(=O)[C@@]3(C)[C@H]([C@H](OC(=O)c4ccccc4)[C@](O)(C[C@@H]1OC[C@H](O)[C@@H](CC(=O)CCCCCCCCC(=O)c1ccc4c(c1)C1(OC4=O)c4ccc(C)c[c]4[Ge]([CH3])([CH3])[c]4cc(N(C)C)ccc41)c1ccccc1)C2(C)C)[C@]1(C)CO[C@@H]1C[C@@H]3O. The molecular formula is C73H87GeNO13. The van der Waals surface area contributed by atoms with E-state index in [1.165, 1.54) is 8.79 Å². The van der Waals surface area contributed by atoms with Crippen molar-refractivity contribution in [3.05, 3.63) is 171 Å². The predicted molar refractivity (Wildman–Crippen MR) is 339 cm³/mol. The Hall–Kier alpha value is -6.11. The Kier molecular flexibility index (Phi) is 17.3. The van der Waals surface area contributed by atoms with Crippen LogP contribution in [0.5, 0.6) is 0 Å². The van der Waals surface area contributed by atoms with Crippen molar-refractivity contribution in [3.8, 4) is 0 Å². The van der Waals surface area contributed by atoms with Crippen molar-refractivity contribution in [3.63, 3.8) is 0 Å². The smallest absolute Gasteiger partial charge is 0.0693 e. The molecule has 3 aliphatic heterocycles. The third-order valence-corrected chi connectivity index (χ3v) is 29.1. The van der Waals surface area contributed by atoms with Crippen molar-refractivity contribution in [1.82, 2.24) is 0 Å². The van der Waals surface area contributed by atoms with Crippen LogP contribution >= 0.6 is 0 Å². The second-order valence-electron chi connectivity index (χ2n) is 27.9. The fourth-order valence-corrected chi connectivity index (χ4v) is 23.2. The molecule has 15 heteroatoms. The van der Waals surface area contributed by atoms with E-state index in [-0.39, 0.29) is 55.2 Å². The molecule has 466 valence electrons. The summed E-state index contributed by atoms with van der Waals surface area (Å²) in [6, 6.07) is 36.1. The largest absolute Gasteiger partial charge is 0.392 e.